The van der Waals surface area contributed by atoms with Gasteiger partial charge in [-0.15, -0.1) is 11.8 Å². The number of thioether (sulfide) groups is 2. The zero-order valence-electron chi connectivity index (χ0n) is 18.7. The molecule has 2 fully saturated rings. The first kappa shape index (κ1) is 24.8. The van der Waals surface area contributed by atoms with Gasteiger partial charge in [0.05, 0.1) is 12.0 Å². The molecule has 4 N–H and O–H groups in total. The molecule has 3 aliphatic heterocycles. The number of rotatable bonds is 7. The number of aliphatic carboxylic acids is 1. The van der Waals surface area contributed by atoms with Crippen molar-refractivity contribution < 1.29 is 24.6 Å². The molecule has 1 aromatic rings. The summed E-state index contributed by atoms with van der Waals surface area (Å²) in [5.74, 6) is -0.867. The summed E-state index contributed by atoms with van der Waals surface area (Å²) < 4.78 is 0.673. The molecule has 0 spiro atoms. The first-order valence-corrected chi connectivity index (χ1v) is 13.3. The van der Waals surface area contributed by atoms with Gasteiger partial charge in [-0.05, 0) is 36.6 Å². The highest BCUT2D eigenvalue weighted by Gasteiger charge is 2.54. The zero-order valence-corrected chi connectivity index (χ0v) is 21.1. The number of carbonyl (C=O) groups excluding carboxylic acids is 2. The molecule has 4 rings (SSSR count). The molecule has 1 aromatic carbocycles. The number of carbonyl (C=O) groups is 3. The number of aromatic hydroxyl groups is 1. The Morgan fingerprint density at radius 2 is 2.03 bits per heavy atom. The van der Waals surface area contributed by atoms with E-state index in [9.17, 15) is 24.6 Å². The van der Waals surface area contributed by atoms with E-state index in [0.717, 1.165) is 12.8 Å². The van der Waals surface area contributed by atoms with Gasteiger partial charge in [-0.1, -0.05) is 49.5 Å². The van der Waals surface area contributed by atoms with Gasteiger partial charge in [0.15, 0.2) is 0 Å². The van der Waals surface area contributed by atoms with Crippen LogP contribution in [-0.4, -0.2) is 71.3 Å². The number of phenolic OH excluding ortho intramolecular Hbond substituents is 1. The van der Waals surface area contributed by atoms with E-state index < -0.39 is 29.3 Å². The van der Waals surface area contributed by atoms with Crippen molar-refractivity contribution in [3.05, 3.63) is 41.1 Å². The summed E-state index contributed by atoms with van der Waals surface area (Å²) >= 11 is 8.21. The number of fused-ring (bicyclic) bond motifs is 1. The highest BCUT2D eigenvalue weighted by molar-refractivity contribution is 8.23. The van der Waals surface area contributed by atoms with Gasteiger partial charge in [0, 0.05) is 5.75 Å². The standard InChI is InChI=1S/C22H26N4O5S3/c1-3-4-14-23-22(32)34-10-25(14)17(12-5-7-13(27)8-6-12)18(28)24-15-19(29)26-16(21(30)31)11(2)9-33-20(15)26/h5-8,14-15,17,20,27H,3-4,9-10H2,1-2H3,(H,23,32)(H,24,28)(H,30,31)/t14?,15-,17?,20-/m1/s1. The molecule has 4 atom stereocenters. The lowest BCUT2D eigenvalue weighted by atomic mass is 9.99. The summed E-state index contributed by atoms with van der Waals surface area (Å²) in [4.78, 5) is 41.5. The van der Waals surface area contributed by atoms with E-state index in [-0.39, 0.29) is 23.5 Å². The van der Waals surface area contributed by atoms with Crippen LogP contribution in [0.4, 0.5) is 0 Å². The van der Waals surface area contributed by atoms with Crippen LogP contribution >= 0.6 is 35.7 Å². The molecule has 2 unspecified atom stereocenters. The Balaban J connectivity index is 1.60. The SMILES string of the molecule is CCCC1NC(=S)SCN1C(C(=O)N[C@@H]1C(=O)N2C(C(=O)O)=C(C)CS[C@H]12)c1ccc(O)cc1. The van der Waals surface area contributed by atoms with Crippen LogP contribution < -0.4 is 10.6 Å². The number of nitrogens with one attached hydrogen (secondary N) is 2. The monoisotopic (exact) mass is 522 g/mol. The fourth-order valence-electron chi connectivity index (χ4n) is 4.41. The van der Waals surface area contributed by atoms with Crippen molar-refractivity contribution in [3.63, 3.8) is 0 Å². The first-order chi connectivity index (χ1) is 16.2. The number of thiocarbonyl (C=S) groups is 1. The van der Waals surface area contributed by atoms with E-state index >= 15 is 0 Å². The van der Waals surface area contributed by atoms with Gasteiger partial charge in [-0.25, -0.2) is 4.79 Å². The van der Waals surface area contributed by atoms with E-state index in [1.165, 1.54) is 40.6 Å². The Bertz CT molecular complexity index is 1050. The maximum atomic E-state index is 13.7. The van der Waals surface area contributed by atoms with Crippen molar-refractivity contribution in [2.24, 2.45) is 0 Å². The molecule has 34 heavy (non-hydrogen) atoms. The minimum Gasteiger partial charge on any atom is -0.508 e. The second-order valence-corrected chi connectivity index (χ2v) is 11.1. The van der Waals surface area contributed by atoms with Crippen LogP contribution in [0.2, 0.25) is 0 Å². The maximum absolute atomic E-state index is 13.7. The zero-order chi connectivity index (χ0) is 24.6. The number of carboxylic acid groups (broad SMARTS) is 1. The van der Waals surface area contributed by atoms with Crippen LogP contribution in [-0.2, 0) is 14.4 Å². The normalized spacial score (nSPS) is 25.8. The van der Waals surface area contributed by atoms with Crippen LogP contribution in [0.3, 0.4) is 0 Å². The molecule has 3 aliphatic rings. The first-order valence-electron chi connectivity index (χ1n) is 10.9. The number of carboxylic acids is 1. The quantitative estimate of drug-likeness (QED) is 0.313. The van der Waals surface area contributed by atoms with Crippen molar-refractivity contribution in [1.82, 2.24) is 20.4 Å². The van der Waals surface area contributed by atoms with Gasteiger partial charge >= 0.3 is 5.97 Å². The number of hydrogen-bond acceptors (Lipinski definition) is 8. The lowest BCUT2D eigenvalue weighted by Crippen LogP contribution is -2.71. The van der Waals surface area contributed by atoms with Crippen molar-refractivity contribution in [2.45, 2.75) is 50.3 Å². The molecule has 9 nitrogen and oxygen atoms in total. The third-order valence-electron chi connectivity index (χ3n) is 6.04. The Morgan fingerprint density at radius 1 is 1.32 bits per heavy atom. The Morgan fingerprint density at radius 3 is 2.68 bits per heavy atom. The number of amides is 2. The summed E-state index contributed by atoms with van der Waals surface area (Å²) in [5.41, 5.74) is 1.31. The van der Waals surface area contributed by atoms with Gasteiger partial charge in [0.2, 0.25) is 5.91 Å². The Kier molecular flexibility index (Phi) is 7.41. The molecule has 3 heterocycles. The fourth-order valence-corrected chi connectivity index (χ4v) is 6.81. The minimum atomic E-state index is -1.14. The second kappa shape index (κ2) is 10.1. The largest absolute Gasteiger partial charge is 0.508 e. The van der Waals surface area contributed by atoms with E-state index in [1.807, 2.05) is 4.90 Å². The summed E-state index contributed by atoms with van der Waals surface area (Å²) in [6.07, 6.45) is 1.48. The molecule has 0 saturated carbocycles. The highest BCUT2D eigenvalue weighted by Crippen LogP contribution is 2.40. The van der Waals surface area contributed by atoms with Crippen molar-refractivity contribution >= 4 is 57.8 Å². The smallest absolute Gasteiger partial charge is 0.352 e. The van der Waals surface area contributed by atoms with Gasteiger partial charge in [0.25, 0.3) is 5.91 Å². The predicted molar refractivity (Wildman–Crippen MR) is 135 cm³/mol. The average Bonchev–Trinajstić information content (AvgIpc) is 2.80. The molecule has 0 bridgehead atoms. The number of nitrogens with zero attached hydrogens (tertiary/aromatic N) is 2. The van der Waals surface area contributed by atoms with Crippen molar-refractivity contribution in [3.8, 4) is 5.75 Å². The summed E-state index contributed by atoms with van der Waals surface area (Å²) in [5, 5.41) is 25.0. The van der Waals surface area contributed by atoms with Gasteiger partial charge in [0.1, 0.15) is 33.2 Å². The number of hydrogen-bond donors (Lipinski definition) is 4. The fraction of sp³-hybridized carbons (Fsp3) is 0.455. The molecule has 0 radical (unpaired) electrons. The number of benzene rings is 1. The van der Waals surface area contributed by atoms with Crippen molar-refractivity contribution in [1.29, 1.82) is 0 Å². The van der Waals surface area contributed by atoms with Crippen LogP contribution in [0.25, 0.3) is 0 Å². The van der Waals surface area contributed by atoms with E-state index in [2.05, 4.69) is 17.6 Å². The average molecular weight is 523 g/mol. The lowest BCUT2D eigenvalue weighted by Gasteiger charge is -2.50. The third-order valence-corrected chi connectivity index (χ3v) is 8.74. The lowest BCUT2D eigenvalue weighted by molar-refractivity contribution is -0.151. The minimum absolute atomic E-state index is 0.00230. The van der Waals surface area contributed by atoms with Crippen LogP contribution in [0.5, 0.6) is 5.75 Å². The summed E-state index contributed by atoms with van der Waals surface area (Å²) in [6, 6.07) is 4.90. The van der Waals surface area contributed by atoms with Crippen LogP contribution in [0.1, 0.15) is 38.3 Å². The Labute approximate surface area is 211 Å². The maximum Gasteiger partial charge on any atom is 0.352 e. The van der Waals surface area contributed by atoms with Crippen LogP contribution in [0.15, 0.2) is 35.5 Å². The molecule has 0 aromatic heterocycles. The predicted octanol–water partition coefficient (Wildman–Crippen LogP) is 2.20. The molecule has 12 heteroatoms. The van der Waals surface area contributed by atoms with E-state index in [1.54, 1.807) is 19.1 Å². The van der Waals surface area contributed by atoms with Gasteiger partial charge in [-0.2, -0.15) is 0 Å². The number of β-lactam (4-membered cyclic amide) rings is 1. The van der Waals surface area contributed by atoms with Gasteiger partial charge in [-0.3, -0.25) is 19.4 Å². The Hall–Kier alpha value is -2.28. The summed E-state index contributed by atoms with van der Waals surface area (Å²) in [6.45, 7) is 3.75. The molecular formula is C22H26N4O5S3. The molecule has 2 amide bonds. The highest BCUT2D eigenvalue weighted by atomic mass is 32.2. The molecule has 182 valence electrons. The van der Waals surface area contributed by atoms with E-state index in [4.69, 9.17) is 12.2 Å². The van der Waals surface area contributed by atoms with Crippen LogP contribution in [0, 0.1) is 0 Å². The third kappa shape index (κ3) is 4.64. The van der Waals surface area contributed by atoms with Crippen molar-refractivity contribution in [2.75, 3.05) is 11.6 Å². The molecule has 2 saturated heterocycles. The molecular weight excluding hydrogens is 496 g/mol. The topological polar surface area (TPSA) is 122 Å². The number of phenols is 1. The summed E-state index contributed by atoms with van der Waals surface area (Å²) in [7, 11) is 0. The second-order valence-electron chi connectivity index (χ2n) is 8.35. The van der Waals surface area contributed by atoms with E-state index in [0.29, 0.717) is 27.1 Å². The molecule has 0 aliphatic carbocycles. The van der Waals surface area contributed by atoms with Gasteiger partial charge < -0.3 is 20.8 Å².